The second-order valence-corrected chi connectivity index (χ2v) is 4.44. The second kappa shape index (κ2) is 5.09. The number of nitrogens with zero attached hydrogens (tertiary/aromatic N) is 2. The van der Waals surface area contributed by atoms with Gasteiger partial charge in [-0.05, 0) is 24.3 Å². The highest BCUT2D eigenvalue weighted by Crippen LogP contribution is 2.18. The van der Waals surface area contributed by atoms with Crippen LogP contribution in [-0.4, -0.2) is 26.7 Å². The van der Waals surface area contributed by atoms with E-state index in [0.29, 0.717) is 23.3 Å². The minimum Gasteiger partial charge on any atom is -0.507 e. The van der Waals surface area contributed by atoms with E-state index in [1.165, 1.54) is 12.1 Å². The van der Waals surface area contributed by atoms with Gasteiger partial charge in [-0.15, -0.1) is 0 Å². The molecule has 3 aromatic rings. The lowest BCUT2D eigenvalue weighted by Crippen LogP contribution is -2.12. The van der Waals surface area contributed by atoms with Crippen LogP contribution in [0.15, 0.2) is 48.8 Å². The number of carbonyl (C=O) groups is 2. The molecule has 1 amide bonds. The Morgan fingerprint density at radius 1 is 1.19 bits per heavy atom. The first-order valence-electron chi connectivity index (χ1n) is 6.20. The molecule has 6 nitrogen and oxygen atoms in total. The molecule has 0 saturated carbocycles. The van der Waals surface area contributed by atoms with E-state index in [1.54, 1.807) is 41.1 Å². The lowest BCUT2D eigenvalue weighted by Gasteiger charge is -2.07. The van der Waals surface area contributed by atoms with Gasteiger partial charge in [0, 0.05) is 12.4 Å². The fraction of sp³-hybridized carbons (Fsp3) is 0. The average molecular weight is 281 g/mol. The lowest BCUT2D eigenvalue weighted by molar-refractivity contribution is 0.102. The van der Waals surface area contributed by atoms with Gasteiger partial charge in [-0.3, -0.25) is 9.59 Å². The maximum absolute atomic E-state index is 12.1. The van der Waals surface area contributed by atoms with Gasteiger partial charge in [-0.1, -0.05) is 12.1 Å². The molecule has 6 heteroatoms. The number of aromatic hydroxyl groups is 1. The Kier molecular flexibility index (Phi) is 3.12. The average Bonchev–Trinajstić information content (AvgIpc) is 2.90. The summed E-state index contributed by atoms with van der Waals surface area (Å²) in [4.78, 5) is 26.8. The Labute approximate surface area is 119 Å². The Bertz CT molecular complexity index is 839. The molecule has 2 N–H and O–H groups in total. The van der Waals surface area contributed by atoms with Gasteiger partial charge in [0.05, 0.1) is 11.3 Å². The van der Waals surface area contributed by atoms with Gasteiger partial charge in [-0.2, -0.15) is 0 Å². The van der Waals surface area contributed by atoms with Crippen molar-refractivity contribution in [3.8, 4) is 5.75 Å². The number of nitrogens with one attached hydrogen (secondary N) is 1. The molecule has 0 bridgehead atoms. The number of fused-ring (bicyclic) bond motifs is 1. The van der Waals surface area contributed by atoms with Crippen LogP contribution < -0.4 is 5.32 Å². The minimum atomic E-state index is -0.414. The molecule has 0 fully saturated rings. The van der Waals surface area contributed by atoms with Gasteiger partial charge < -0.3 is 14.8 Å². The van der Waals surface area contributed by atoms with Crippen LogP contribution in [0.3, 0.4) is 0 Å². The van der Waals surface area contributed by atoms with Crippen LogP contribution in [0.1, 0.15) is 20.8 Å². The number of imidazole rings is 1. The van der Waals surface area contributed by atoms with Gasteiger partial charge in [0.1, 0.15) is 17.1 Å². The predicted octanol–water partition coefficient (Wildman–Crippen LogP) is 2.10. The van der Waals surface area contributed by atoms with Gasteiger partial charge in [0.15, 0.2) is 6.29 Å². The number of carbonyl (C=O) groups excluding carboxylic acids is 2. The number of rotatable bonds is 3. The summed E-state index contributed by atoms with van der Waals surface area (Å²) < 4.78 is 1.64. The zero-order valence-electron chi connectivity index (χ0n) is 10.9. The number of benzene rings is 1. The van der Waals surface area contributed by atoms with E-state index < -0.39 is 5.91 Å². The number of phenols is 1. The van der Waals surface area contributed by atoms with Crippen molar-refractivity contribution in [3.05, 3.63) is 60.0 Å². The molecule has 2 aromatic heterocycles. The molecule has 104 valence electrons. The Hall–Kier alpha value is -3.15. The SMILES string of the molecule is O=Cc1cn2cc(NC(=O)c3ccccc3O)ccc2n1. The highest BCUT2D eigenvalue weighted by atomic mass is 16.3. The third-order valence-corrected chi connectivity index (χ3v) is 3.00. The summed E-state index contributed by atoms with van der Waals surface area (Å²) in [6, 6.07) is 9.66. The van der Waals surface area contributed by atoms with Crippen molar-refractivity contribution in [2.24, 2.45) is 0 Å². The van der Waals surface area contributed by atoms with Gasteiger partial charge >= 0.3 is 0 Å². The summed E-state index contributed by atoms with van der Waals surface area (Å²) in [5.41, 5.74) is 1.65. The summed E-state index contributed by atoms with van der Waals surface area (Å²) in [5.74, 6) is -0.495. The second-order valence-electron chi connectivity index (χ2n) is 4.44. The Morgan fingerprint density at radius 3 is 2.76 bits per heavy atom. The van der Waals surface area contributed by atoms with Crippen molar-refractivity contribution >= 4 is 23.5 Å². The van der Waals surface area contributed by atoms with Gasteiger partial charge in [-0.25, -0.2) is 4.98 Å². The number of amides is 1. The Balaban J connectivity index is 1.89. The van der Waals surface area contributed by atoms with Crippen LogP contribution in [-0.2, 0) is 0 Å². The van der Waals surface area contributed by atoms with Crippen LogP contribution in [0, 0.1) is 0 Å². The minimum absolute atomic E-state index is 0.0815. The van der Waals surface area contributed by atoms with Crippen LogP contribution in [0.25, 0.3) is 5.65 Å². The molecule has 3 rings (SSSR count). The fourth-order valence-corrected chi connectivity index (χ4v) is 2.01. The number of aldehydes is 1. The molecule has 0 radical (unpaired) electrons. The first-order valence-corrected chi connectivity index (χ1v) is 6.20. The molecule has 1 aromatic carbocycles. The molecule has 0 aliphatic heterocycles. The van der Waals surface area contributed by atoms with Crippen molar-refractivity contribution in [2.75, 3.05) is 5.32 Å². The highest BCUT2D eigenvalue weighted by Gasteiger charge is 2.11. The van der Waals surface area contributed by atoms with Crippen molar-refractivity contribution in [3.63, 3.8) is 0 Å². The number of para-hydroxylation sites is 1. The molecule has 0 saturated heterocycles. The molecule has 21 heavy (non-hydrogen) atoms. The standard InChI is InChI=1S/C15H11N3O3/c19-9-11-8-18-7-10(5-6-14(18)16-11)17-15(21)12-3-1-2-4-13(12)20/h1-9,20H,(H,17,21). The number of hydrogen-bond acceptors (Lipinski definition) is 4. The van der Waals surface area contributed by atoms with Crippen molar-refractivity contribution in [1.29, 1.82) is 0 Å². The first-order chi connectivity index (χ1) is 10.2. The molecule has 0 aliphatic carbocycles. The Morgan fingerprint density at radius 2 is 2.00 bits per heavy atom. The quantitative estimate of drug-likeness (QED) is 0.720. The summed E-state index contributed by atoms with van der Waals surface area (Å²) >= 11 is 0. The van der Waals surface area contributed by atoms with Crippen LogP contribution >= 0.6 is 0 Å². The largest absolute Gasteiger partial charge is 0.507 e. The van der Waals surface area contributed by atoms with E-state index in [9.17, 15) is 14.7 Å². The van der Waals surface area contributed by atoms with Crippen molar-refractivity contribution < 1.29 is 14.7 Å². The number of anilines is 1. The molecule has 0 atom stereocenters. The van der Waals surface area contributed by atoms with E-state index in [-0.39, 0.29) is 11.3 Å². The lowest BCUT2D eigenvalue weighted by atomic mass is 10.2. The normalized spacial score (nSPS) is 10.5. The fourth-order valence-electron chi connectivity index (χ4n) is 2.01. The summed E-state index contributed by atoms with van der Waals surface area (Å²) in [6.45, 7) is 0. The van der Waals surface area contributed by atoms with Crippen LogP contribution in [0.4, 0.5) is 5.69 Å². The summed E-state index contributed by atoms with van der Waals surface area (Å²) in [5, 5.41) is 12.3. The first kappa shape index (κ1) is 12.9. The smallest absolute Gasteiger partial charge is 0.259 e. The van der Waals surface area contributed by atoms with Crippen molar-refractivity contribution in [1.82, 2.24) is 9.38 Å². The zero-order valence-corrected chi connectivity index (χ0v) is 10.9. The van der Waals surface area contributed by atoms with Gasteiger partial charge in [0.25, 0.3) is 5.91 Å². The molecule has 0 unspecified atom stereocenters. The number of phenolic OH excluding ortho intramolecular Hbond substituents is 1. The number of hydrogen-bond donors (Lipinski definition) is 2. The molecule has 2 heterocycles. The maximum atomic E-state index is 12.1. The third-order valence-electron chi connectivity index (χ3n) is 3.00. The van der Waals surface area contributed by atoms with E-state index in [2.05, 4.69) is 10.3 Å². The van der Waals surface area contributed by atoms with E-state index in [4.69, 9.17) is 0 Å². The van der Waals surface area contributed by atoms with Crippen molar-refractivity contribution in [2.45, 2.75) is 0 Å². The molecular weight excluding hydrogens is 270 g/mol. The molecule has 0 aliphatic rings. The monoisotopic (exact) mass is 281 g/mol. The zero-order chi connectivity index (χ0) is 14.8. The topological polar surface area (TPSA) is 83.7 Å². The van der Waals surface area contributed by atoms with E-state index in [0.717, 1.165) is 0 Å². The maximum Gasteiger partial charge on any atom is 0.259 e. The highest BCUT2D eigenvalue weighted by molar-refractivity contribution is 6.06. The summed E-state index contributed by atoms with van der Waals surface area (Å²) in [7, 11) is 0. The van der Waals surface area contributed by atoms with Crippen LogP contribution in [0.2, 0.25) is 0 Å². The molecule has 0 spiro atoms. The molecular formula is C15H11N3O3. The predicted molar refractivity (Wildman–Crippen MR) is 76.6 cm³/mol. The van der Waals surface area contributed by atoms with E-state index >= 15 is 0 Å². The van der Waals surface area contributed by atoms with Gasteiger partial charge in [0.2, 0.25) is 0 Å². The third kappa shape index (κ3) is 2.46. The van der Waals surface area contributed by atoms with Crippen LogP contribution in [0.5, 0.6) is 5.75 Å². The number of aromatic nitrogens is 2. The van der Waals surface area contributed by atoms with E-state index in [1.807, 2.05) is 0 Å². The number of pyridine rings is 1. The summed E-state index contributed by atoms with van der Waals surface area (Å²) in [6.07, 6.45) is 3.87.